The second kappa shape index (κ2) is 6.06. The predicted octanol–water partition coefficient (Wildman–Crippen LogP) is 2.40. The van der Waals surface area contributed by atoms with Crippen molar-refractivity contribution in [2.24, 2.45) is 0 Å². The molecule has 0 saturated carbocycles. The molecule has 0 bridgehead atoms. The predicted molar refractivity (Wildman–Crippen MR) is 76.4 cm³/mol. The number of imidazole rings is 1. The average molecular weight is 278 g/mol. The summed E-state index contributed by atoms with van der Waals surface area (Å²) in [6.07, 6.45) is 4.53. The number of nitrogens with zero attached hydrogens (tertiary/aromatic N) is 3. The van der Waals surface area contributed by atoms with Crippen LogP contribution in [0.1, 0.15) is 38.3 Å². The van der Waals surface area contributed by atoms with Crippen molar-refractivity contribution in [2.45, 2.75) is 44.1 Å². The monoisotopic (exact) mass is 278 g/mol. The fraction of sp³-hybridized carbons (Fsp3) is 0.462. The molecule has 19 heavy (non-hydrogen) atoms. The highest BCUT2D eigenvalue weighted by Crippen LogP contribution is 2.19. The van der Waals surface area contributed by atoms with Gasteiger partial charge in [-0.3, -0.25) is 4.79 Å². The Morgan fingerprint density at radius 1 is 1.47 bits per heavy atom. The van der Waals surface area contributed by atoms with Gasteiger partial charge in [0.05, 0.1) is 5.75 Å². The second-order valence-electron chi connectivity index (χ2n) is 4.53. The molecule has 0 spiro atoms. The lowest BCUT2D eigenvalue weighted by Gasteiger charge is -2.10. The first-order chi connectivity index (χ1) is 9.10. The van der Waals surface area contributed by atoms with Crippen LogP contribution in [0.2, 0.25) is 0 Å². The van der Waals surface area contributed by atoms with Crippen LogP contribution < -0.4 is 5.56 Å². The third kappa shape index (κ3) is 3.47. The van der Waals surface area contributed by atoms with Crippen molar-refractivity contribution in [2.75, 3.05) is 0 Å². The number of aromatic nitrogens is 4. The third-order valence-electron chi connectivity index (χ3n) is 2.78. The summed E-state index contributed by atoms with van der Waals surface area (Å²) in [4.78, 5) is 23.0. The van der Waals surface area contributed by atoms with Gasteiger partial charge in [-0.05, 0) is 20.3 Å². The zero-order valence-corrected chi connectivity index (χ0v) is 12.2. The average Bonchev–Trinajstić information content (AvgIpc) is 2.84. The molecule has 0 radical (unpaired) electrons. The van der Waals surface area contributed by atoms with Crippen LogP contribution in [-0.4, -0.2) is 19.5 Å². The smallest absolute Gasteiger partial charge is 0.251 e. The van der Waals surface area contributed by atoms with Gasteiger partial charge >= 0.3 is 0 Å². The molecule has 5 nitrogen and oxygen atoms in total. The first-order valence-electron chi connectivity index (χ1n) is 6.35. The lowest BCUT2D eigenvalue weighted by molar-refractivity contribution is 0.580. The Morgan fingerprint density at radius 3 is 2.95 bits per heavy atom. The van der Waals surface area contributed by atoms with E-state index in [0.29, 0.717) is 17.0 Å². The molecule has 2 aromatic rings. The van der Waals surface area contributed by atoms with E-state index in [9.17, 15) is 4.79 Å². The van der Waals surface area contributed by atoms with Gasteiger partial charge in [-0.15, -0.1) is 0 Å². The minimum Gasteiger partial charge on any atom is -0.332 e. The lowest BCUT2D eigenvalue weighted by Crippen LogP contribution is -2.10. The van der Waals surface area contributed by atoms with E-state index in [-0.39, 0.29) is 5.56 Å². The van der Waals surface area contributed by atoms with Crippen LogP contribution >= 0.6 is 11.8 Å². The van der Waals surface area contributed by atoms with Gasteiger partial charge in [0.25, 0.3) is 5.56 Å². The van der Waals surface area contributed by atoms with E-state index in [1.807, 2.05) is 13.1 Å². The van der Waals surface area contributed by atoms with Crippen molar-refractivity contribution < 1.29 is 0 Å². The van der Waals surface area contributed by atoms with Crippen LogP contribution in [0.15, 0.2) is 28.4 Å². The summed E-state index contributed by atoms with van der Waals surface area (Å²) in [6, 6.07) is 1.92. The molecule has 6 heteroatoms. The van der Waals surface area contributed by atoms with E-state index in [1.165, 1.54) is 11.8 Å². The molecule has 0 aromatic carbocycles. The summed E-state index contributed by atoms with van der Waals surface area (Å²) in [7, 11) is 0. The van der Waals surface area contributed by atoms with E-state index in [0.717, 1.165) is 17.9 Å². The topological polar surface area (TPSA) is 63.6 Å². The van der Waals surface area contributed by atoms with Gasteiger partial charge in [0.15, 0.2) is 5.16 Å². The van der Waals surface area contributed by atoms with Crippen molar-refractivity contribution in [3.8, 4) is 0 Å². The normalized spacial score (nSPS) is 11.2. The fourth-order valence-corrected chi connectivity index (χ4v) is 2.64. The standard InChI is InChI=1S/C13H18N4OS/c1-4-10-7-12(18)16-13(15-10)19-8-11-14-5-6-17(11)9(2)3/h5-7,9H,4,8H2,1-3H3,(H,15,16,18). The number of H-pyrrole nitrogens is 1. The van der Waals surface area contributed by atoms with E-state index in [1.54, 1.807) is 12.3 Å². The number of hydrogen-bond acceptors (Lipinski definition) is 4. The summed E-state index contributed by atoms with van der Waals surface area (Å²) in [6.45, 7) is 6.23. The molecule has 0 amide bonds. The molecular weight excluding hydrogens is 260 g/mol. The molecule has 0 unspecified atom stereocenters. The zero-order valence-electron chi connectivity index (χ0n) is 11.4. The van der Waals surface area contributed by atoms with E-state index < -0.39 is 0 Å². The maximum Gasteiger partial charge on any atom is 0.251 e. The zero-order chi connectivity index (χ0) is 13.8. The van der Waals surface area contributed by atoms with Crippen LogP contribution in [-0.2, 0) is 12.2 Å². The molecule has 102 valence electrons. The molecule has 0 fully saturated rings. The van der Waals surface area contributed by atoms with Crippen molar-refractivity contribution in [3.05, 3.63) is 40.3 Å². The van der Waals surface area contributed by atoms with Gasteiger partial charge in [-0.2, -0.15) is 0 Å². The van der Waals surface area contributed by atoms with Crippen LogP contribution in [0.4, 0.5) is 0 Å². The molecule has 0 atom stereocenters. The summed E-state index contributed by atoms with van der Waals surface area (Å²) in [5.41, 5.74) is 0.722. The quantitative estimate of drug-likeness (QED) is 0.674. The Bertz CT molecular complexity index is 603. The highest BCUT2D eigenvalue weighted by atomic mass is 32.2. The molecule has 0 aliphatic rings. The fourth-order valence-electron chi connectivity index (χ4n) is 1.79. The molecule has 2 rings (SSSR count). The maximum absolute atomic E-state index is 11.5. The van der Waals surface area contributed by atoms with Crippen molar-refractivity contribution in [1.82, 2.24) is 19.5 Å². The molecule has 0 aliphatic carbocycles. The number of nitrogens with one attached hydrogen (secondary N) is 1. The van der Waals surface area contributed by atoms with Crippen LogP contribution in [0.25, 0.3) is 0 Å². The van der Waals surface area contributed by atoms with Gasteiger partial charge in [0.1, 0.15) is 5.82 Å². The third-order valence-corrected chi connectivity index (χ3v) is 3.65. The van der Waals surface area contributed by atoms with E-state index in [2.05, 4.69) is 33.4 Å². The summed E-state index contributed by atoms with van der Waals surface area (Å²) >= 11 is 1.50. The Balaban J connectivity index is 2.12. The molecule has 2 aromatic heterocycles. The highest BCUT2D eigenvalue weighted by Gasteiger charge is 2.08. The number of aromatic amines is 1. The second-order valence-corrected chi connectivity index (χ2v) is 5.49. The Morgan fingerprint density at radius 2 is 2.26 bits per heavy atom. The Kier molecular flexibility index (Phi) is 4.42. The Hall–Kier alpha value is -1.56. The summed E-state index contributed by atoms with van der Waals surface area (Å²) < 4.78 is 2.12. The molecular formula is C13H18N4OS. The number of hydrogen-bond donors (Lipinski definition) is 1. The maximum atomic E-state index is 11.5. The highest BCUT2D eigenvalue weighted by molar-refractivity contribution is 7.98. The number of rotatable bonds is 5. The molecule has 0 saturated heterocycles. The van der Waals surface area contributed by atoms with Crippen molar-refractivity contribution in [1.29, 1.82) is 0 Å². The van der Waals surface area contributed by atoms with E-state index in [4.69, 9.17) is 0 Å². The van der Waals surface area contributed by atoms with Gasteiger partial charge in [-0.25, -0.2) is 9.97 Å². The summed E-state index contributed by atoms with van der Waals surface area (Å²) in [5.74, 6) is 1.69. The molecule has 2 heterocycles. The van der Waals surface area contributed by atoms with Crippen LogP contribution in [0, 0.1) is 0 Å². The van der Waals surface area contributed by atoms with Gasteiger partial charge in [-0.1, -0.05) is 18.7 Å². The minimum absolute atomic E-state index is 0.0958. The minimum atomic E-state index is -0.0958. The van der Waals surface area contributed by atoms with E-state index >= 15 is 0 Å². The largest absolute Gasteiger partial charge is 0.332 e. The SMILES string of the molecule is CCc1cc(=O)[nH]c(SCc2nccn2C(C)C)n1. The van der Waals surface area contributed by atoms with Crippen LogP contribution in [0.5, 0.6) is 0 Å². The van der Waals surface area contributed by atoms with Crippen molar-refractivity contribution in [3.63, 3.8) is 0 Å². The van der Waals surface area contributed by atoms with Gasteiger partial charge in [0, 0.05) is 30.2 Å². The molecule has 0 aliphatic heterocycles. The number of thioether (sulfide) groups is 1. The van der Waals surface area contributed by atoms with Gasteiger partial charge in [0.2, 0.25) is 0 Å². The first-order valence-corrected chi connectivity index (χ1v) is 7.33. The number of aryl methyl sites for hydroxylation is 1. The van der Waals surface area contributed by atoms with Crippen LogP contribution in [0.3, 0.4) is 0 Å². The Labute approximate surface area is 116 Å². The van der Waals surface area contributed by atoms with Crippen molar-refractivity contribution >= 4 is 11.8 Å². The molecule has 1 N–H and O–H groups in total. The lowest BCUT2D eigenvalue weighted by atomic mass is 10.3. The first kappa shape index (κ1) is 13.9. The van der Waals surface area contributed by atoms with Gasteiger partial charge < -0.3 is 9.55 Å². The summed E-state index contributed by atoms with van der Waals surface area (Å²) in [5, 5.41) is 0.655.